The summed E-state index contributed by atoms with van der Waals surface area (Å²) in [6.45, 7) is 4.51. The molecule has 0 fully saturated rings. The van der Waals surface area contributed by atoms with Gasteiger partial charge in [-0.2, -0.15) is 0 Å². The third-order valence-corrected chi connectivity index (χ3v) is 4.58. The second-order valence-electron chi connectivity index (χ2n) is 5.18. The molecule has 1 aromatic heterocycles. The Morgan fingerprint density at radius 3 is 2.33 bits per heavy atom. The van der Waals surface area contributed by atoms with Crippen molar-refractivity contribution in [1.29, 1.82) is 0 Å². The lowest BCUT2D eigenvalue weighted by atomic mass is 10.0. The number of aryl methyl sites for hydroxylation is 1. The molecule has 1 nitrogen and oxygen atoms in total. The highest BCUT2D eigenvalue weighted by Crippen LogP contribution is 2.26. The highest BCUT2D eigenvalue weighted by Gasteiger charge is 2.11. The van der Waals surface area contributed by atoms with E-state index < -0.39 is 0 Å². The van der Waals surface area contributed by atoms with Gasteiger partial charge in [0.25, 0.3) is 0 Å². The van der Waals surface area contributed by atoms with Crippen molar-refractivity contribution in [2.75, 3.05) is 7.05 Å². The maximum absolute atomic E-state index is 3.46. The van der Waals surface area contributed by atoms with Crippen molar-refractivity contribution < 1.29 is 0 Å². The van der Waals surface area contributed by atoms with E-state index >= 15 is 0 Å². The molecule has 0 aliphatic heterocycles. The van der Waals surface area contributed by atoms with Crippen LogP contribution in [0.1, 0.15) is 74.8 Å². The fourth-order valence-corrected chi connectivity index (χ4v) is 3.28. The minimum absolute atomic E-state index is 0.562. The van der Waals surface area contributed by atoms with Crippen molar-refractivity contribution in [3.63, 3.8) is 0 Å². The molecule has 0 amide bonds. The van der Waals surface area contributed by atoms with E-state index in [1.165, 1.54) is 61.8 Å². The van der Waals surface area contributed by atoms with E-state index in [4.69, 9.17) is 0 Å². The van der Waals surface area contributed by atoms with Crippen molar-refractivity contribution in [2.45, 2.75) is 71.3 Å². The van der Waals surface area contributed by atoms with Crippen molar-refractivity contribution in [1.82, 2.24) is 5.32 Å². The van der Waals surface area contributed by atoms with Gasteiger partial charge in [0.15, 0.2) is 0 Å². The maximum Gasteiger partial charge on any atom is 0.0328 e. The summed E-state index contributed by atoms with van der Waals surface area (Å²) in [7, 11) is 2.09. The zero-order chi connectivity index (χ0) is 13.2. The van der Waals surface area contributed by atoms with Gasteiger partial charge in [-0.1, -0.05) is 51.9 Å². The van der Waals surface area contributed by atoms with E-state index in [9.17, 15) is 0 Å². The van der Waals surface area contributed by atoms with Crippen molar-refractivity contribution in [3.8, 4) is 0 Å². The summed E-state index contributed by atoms with van der Waals surface area (Å²) >= 11 is 1.86. The van der Waals surface area contributed by atoms with Crippen LogP contribution < -0.4 is 5.32 Å². The lowest BCUT2D eigenvalue weighted by Gasteiger charge is -2.16. The number of nitrogens with one attached hydrogen (secondary N) is 1. The number of hydrogen-bond donors (Lipinski definition) is 1. The van der Waals surface area contributed by atoms with Gasteiger partial charge >= 0.3 is 0 Å². The summed E-state index contributed by atoms with van der Waals surface area (Å²) in [6, 6.07) is 2.84. The summed E-state index contributed by atoms with van der Waals surface area (Å²) in [5.41, 5.74) is 1.51. The summed E-state index contributed by atoms with van der Waals surface area (Å²) in [5, 5.41) is 5.67. The number of unbranched alkanes of at least 4 members (excludes halogenated alkanes) is 6. The molecular formula is C16H29NS. The molecule has 1 rings (SSSR count). The van der Waals surface area contributed by atoms with E-state index in [2.05, 4.69) is 37.7 Å². The Labute approximate surface area is 117 Å². The van der Waals surface area contributed by atoms with Crippen LogP contribution in [-0.2, 0) is 0 Å². The molecule has 1 unspecified atom stereocenters. The largest absolute Gasteiger partial charge is 0.313 e. The lowest BCUT2D eigenvalue weighted by Crippen LogP contribution is -2.16. The molecule has 0 spiro atoms. The van der Waals surface area contributed by atoms with E-state index in [0.29, 0.717) is 6.04 Å². The molecule has 0 saturated heterocycles. The Morgan fingerprint density at radius 1 is 1.11 bits per heavy atom. The molecule has 0 radical (unpaired) electrons. The molecule has 1 N–H and O–H groups in total. The second-order valence-corrected chi connectivity index (χ2v) is 6.30. The summed E-state index contributed by atoms with van der Waals surface area (Å²) in [4.78, 5) is 1.47. The molecule has 0 aromatic carbocycles. The van der Waals surface area contributed by atoms with Gasteiger partial charge in [0.1, 0.15) is 0 Å². The molecule has 18 heavy (non-hydrogen) atoms. The first-order chi connectivity index (χ1) is 8.79. The SMILES string of the molecule is CCCCCCCCCC(NC)c1ccsc1C. The quantitative estimate of drug-likeness (QED) is 0.555. The van der Waals surface area contributed by atoms with Crippen molar-refractivity contribution in [2.24, 2.45) is 0 Å². The van der Waals surface area contributed by atoms with Crippen LogP contribution >= 0.6 is 11.3 Å². The third-order valence-electron chi connectivity index (χ3n) is 3.72. The van der Waals surface area contributed by atoms with E-state index in [1.807, 2.05) is 11.3 Å². The third kappa shape index (κ3) is 5.53. The molecule has 0 aliphatic carbocycles. The van der Waals surface area contributed by atoms with Crippen molar-refractivity contribution in [3.05, 3.63) is 21.9 Å². The van der Waals surface area contributed by atoms with Crippen LogP contribution in [0.3, 0.4) is 0 Å². The van der Waals surface area contributed by atoms with Gasteiger partial charge in [-0.15, -0.1) is 11.3 Å². The summed E-state index contributed by atoms with van der Waals surface area (Å²) in [5.74, 6) is 0. The predicted octanol–water partition coefficient (Wildman–Crippen LogP) is 5.46. The highest BCUT2D eigenvalue weighted by atomic mass is 32.1. The van der Waals surface area contributed by atoms with Gasteiger partial charge in [0, 0.05) is 10.9 Å². The fourth-order valence-electron chi connectivity index (χ4n) is 2.52. The Morgan fingerprint density at radius 2 is 1.78 bits per heavy atom. The van der Waals surface area contributed by atoms with Gasteiger partial charge in [0.05, 0.1) is 0 Å². The number of rotatable bonds is 10. The Hall–Kier alpha value is -0.340. The molecule has 2 heteroatoms. The maximum atomic E-state index is 3.46. The highest BCUT2D eigenvalue weighted by molar-refractivity contribution is 7.10. The zero-order valence-electron chi connectivity index (χ0n) is 12.3. The average Bonchev–Trinajstić information content (AvgIpc) is 2.79. The van der Waals surface area contributed by atoms with Crippen molar-refractivity contribution >= 4 is 11.3 Å². The first kappa shape index (κ1) is 15.7. The monoisotopic (exact) mass is 267 g/mol. The molecular weight excluding hydrogens is 238 g/mol. The van der Waals surface area contributed by atoms with Crippen LogP contribution in [0.2, 0.25) is 0 Å². The second kappa shape index (κ2) is 9.57. The van der Waals surface area contributed by atoms with Crippen LogP contribution in [0.15, 0.2) is 11.4 Å². The van der Waals surface area contributed by atoms with Gasteiger partial charge in [-0.3, -0.25) is 0 Å². The topological polar surface area (TPSA) is 12.0 Å². The molecule has 1 atom stereocenters. The van der Waals surface area contributed by atoms with E-state index in [1.54, 1.807) is 0 Å². The minimum Gasteiger partial charge on any atom is -0.313 e. The predicted molar refractivity (Wildman–Crippen MR) is 83.5 cm³/mol. The van der Waals surface area contributed by atoms with Gasteiger partial charge < -0.3 is 5.32 Å². The molecule has 1 aromatic rings. The van der Waals surface area contributed by atoms with Crippen LogP contribution in [0, 0.1) is 6.92 Å². The first-order valence-corrected chi connectivity index (χ1v) is 8.38. The molecule has 104 valence electrons. The van der Waals surface area contributed by atoms with Gasteiger partial charge in [-0.25, -0.2) is 0 Å². The number of thiophene rings is 1. The van der Waals surface area contributed by atoms with E-state index in [0.717, 1.165) is 0 Å². The van der Waals surface area contributed by atoms with Crippen LogP contribution in [-0.4, -0.2) is 7.05 Å². The Balaban J connectivity index is 2.15. The molecule has 1 heterocycles. The lowest BCUT2D eigenvalue weighted by molar-refractivity contribution is 0.495. The van der Waals surface area contributed by atoms with E-state index in [-0.39, 0.29) is 0 Å². The van der Waals surface area contributed by atoms with Gasteiger partial charge in [0.2, 0.25) is 0 Å². The summed E-state index contributed by atoms with van der Waals surface area (Å²) < 4.78 is 0. The normalized spacial score (nSPS) is 12.8. The summed E-state index contributed by atoms with van der Waals surface area (Å²) in [6.07, 6.45) is 11.1. The van der Waals surface area contributed by atoms with Crippen LogP contribution in [0.25, 0.3) is 0 Å². The molecule has 0 saturated carbocycles. The average molecular weight is 267 g/mol. The van der Waals surface area contributed by atoms with Gasteiger partial charge in [-0.05, 0) is 37.4 Å². The number of hydrogen-bond acceptors (Lipinski definition) is 2. The van der Waals surface area contributed by atoms with Crippen LogP contribution in [0.4, 0.5) is 0 Å². The standard InChI is InChI=1S/C16H29NS/c1-4-5-6-7-8-9-10-11-16(17-3)15-12-13-18-14(15)2/h12-13,16-17H,4-11H2,1-3H3. The fraction of sp³-hybridized carbons (Fsp3) is 0.750. The Kier molecular flexibility index (Phi) is 8.36. The zero-order valence-corrected chi connectivity index (χ0v) is 13.1. The van der Waals surface area contributed by atoms with Crippen LogP contribution in [0.5, 0.6) is 0 Å². The first-order valence-electron chi connectivity index (χ1n) is 7.50. The minimum atomic E-state index is 0.562. The smallest absolute Gasteiger partial charge is 0.0328 e. The molecule has 0 bridgehead atoms. The Bertz CT molecular complexity index is 306. The molecule has 0 aliphatic rings.